The molecule has 1 aromatic heterocycles. The van der Waals surface area contributed by atoms with Gasteiger partial charge in [0.1, 0.15) is 11.5 Å². The van der Waals surface area contributed by atoms with E-state index in [1.807, 2.05) is 67.6 Å². The van der Waals surface area contributed by atoms with Gasteiger partial charge in [-0.05, 0) is 18.6 Å². The molecule has 1 heterocycles. The van der Waals surface area contributed by atoms with Crippen LogP contribution < -0.4 is 4.74 Å². The molecule has 0 saturated carbocycles. The van der Waals surface area contributed by atoms with Crippen molar-refractivity contribution in [1.82, 2.24) is 15.0 Å². The molecule has 1 N–H and O–H groups in total. The van der Waals surface area contributed by atoms with Crippen LogP contribution in [-0.4, -0.2) is 39.2 Å². The lowest BCUT2D eigenvalue weighted by atomic mass is 10.1. The summed E-state index contributed by atoms with van der Waals surface area (Å²) in [5.41, 5.74) is 2.09. The number of carbonyl (C=O) groups is 1. The summed E-state index contributed by atoms with van der Waals surface area (Å²) in [6, 6.07) is 23.9. The molecule has 7 heteroatoms. The molecule has 0 aliphatic heterocycles. The first-order chi connectivity index (χ1) is 16.1. The summed E-state index contributed by atoms with van der Waals surface area (Å²) in [4.78, 5) is 25.7. The molecule has 0 saturated heterocycles. The van der Waals surface area contributed by atoms with Gasteiger partial charge in [-0.25, -0.2) is 19.7 Å². The maximum atomic E-state index is 11.8. The van der Waals surface area contributed by atoms with Gasteiger partial charge < -0.3 is 14.6 Å². The fourth-order valence-electron chi connectivity index (χ4n) is 3.30. The lowest BCUT2D eigenvalue weighted by Crippen LogP contribution is -2.27. The van der Waals surface area contributed by atoms with Gasteiger partial charge in [0.2, 0.25) is 0 Å². The molecular formula is C26H23N3O4. The molecule has 0 fully saturated rings. The van der Waals surface area contributed by atoms with E-state index in [0.717, 1.165) is 11.1 Å². The van der Waals surface area contributed by atoms with Gasteiger partial charge in [-0.3, -0.25) is 0 Å². The monoisotopic (exact) mass is 441 g/mol. The molecular weight excluding hydrogens is 418 g/mol. The van der Waals surface area contributed by atoms with Gasteiger partial charge in [0.05, 0.1) is 12.7 Å². The van der Waals surface area contributed by atoms with Crippen LogP contribution in [0.2, 0.25) is 0 Å². The van der Waals surface area contributed by atoms with Crippen molar-refractivity contribution in [2.75, 3.05) is 7.11 Å². The van der Waals surface area contributed by atoms with Crippen molar-refractivity contribution in [1.29, 1.82) is 0 Å². The predicted octanol–water partition coefficient (Wildman–Crippen LogP) is 4.91. The molecule has 4 rings (SSSR count). The number of rotatable bonds is 7. The number of benzene rings is 3. The van der Waals surface area contributed by atoms with Crippen molar-refractivity contribution >= 4 is 5.97 Å². The van der Waals surface area contributed by atoms with Crippen LogP contribution in [0.1, 0.15) is 13.3 Å². The molecule has 166 valence electrons. The third kappa shape index (κ3) is 4.98. The lowest BCUT2D eigenvalue weighted by molar-refractivity contribution is -0.148. The quantitative estimate of drug-likeness (QED) is 0.407. The third-order valence-corrected chi connectivity index (χ3v) is 5.02. The van der Waals surface area contributed by atoms with Crippen LogP contribution in [0.15, 0.2) is 78.9 Å². The molecule has 7 nitrogen and oxygen atoms in total. The number of hydrogen-bond acceptors (Lipinski definition) is 7. The Morgan fingerprint density at radius 3 is 1.88 bits per heavy atom. The van der Waals surface area contributed by atoms with Gasteiger partial charge in [-0.1, -0.05) is 67.6 Å². The average molecular weight is 441 g/mol. The summed E-state index contributed by atoms with van der Waals surface area (Å²) in [6.45, 7) is 1.82. The van der Waals surface area contributed by atoms with Crippen LogP contribution in [0.3, 0.4) is 0 Å². The summed E-state index contributed by atoms with van der Waals surface area (Å²) < 4.78 is 10.4. The van der Waals surface area contributed by atoms with E-state index >= 15 is 0 Å². The van der Waals surface area contributed by atoms with Crippen molar-refractivity contribution in [3.63, 3.8) is 0 Å². The van der Waals surface area contributed by atoms with Gasteiger partial charge in [0.15, 0.2) is 23.6 Å². The number of methoxy groups -OCH3 is 1. The number of phenolic OH excluding ortho intramolecular Hbond substituents is 1. The zero-order valence-corrected chi connectivity index (χ0v) is 18.3. The molecule has 1 atom stereocenters. The zero-order valence-electron chi connectivity index (χ0n) is 18.3. The fraction of sp³-hybridized carbons (Fsp3) is 0.154. The number of aromatic hydroxyl groups is 1. The summed E-state index contributed by atoms with van der Waals surface area (Å²) in [7, 11) is 1.31. The second-order valence-corrected chi connectivity index (χ2v) is 7.26. The van der Waals surface area contributed by atoms with Crippen LogP contribution in [0.25, 0.3) is 34.2 Å². The van der Waals surface area contributed by atoms with E-state index in [0.29, 0.717) is 35.2 Å². The first kappa shape index (κ1) is 22.0. The zero-order chi connectivity index (χ0) is 23.2. The van der Waals surface area contributed by atoms with E-state index in [4.69, 9.17) is 9.47 Å². The minimum atomic E-state index is -0.758. The van der Waals surface area contributed by atoms with Crippen LogP contribution in [0, 0.1) is 0 Å². The molecule has 0 amide bonds. The van der Waals surface area contributed by atoms with Gasteiger partial charge in [-0.15, -0.1) is 0 Å². The first-order valence-electron chi connectivity index (χ1n) is 10.5. The number of nitrogens with zero attached hydrogens (tertiary/aromatic N) is 3. The Kier molecular flexibility index (Phi) is 6.59. The largest absolute Gasteiger partial charge is 0.507 e. The highest BCUT2D eigenvalue weighted by atomic mass is 16.6. The van der Waals surface area contributed by atoms with E-state index < -0.39 is 12.1 Å². The van der Waals surface area contributed by atoms with Crippen LogP contribution in [-0.2, 0) is 9.53 Å². The van der Waals surface area contributed by atoms with Crippen molar-refractivity contribution in [2.45, 2.75) is 19.4 Å². The van der Waals surface area contributed by atoms with Gasteiger partial charge in [0.25, 0.3) is 0 Å². The molecule has 0 aliphatic rings. The molecule has 0 spiro atoms. The highest BCUT2D eigenvalue weighted by molar-refractivity contribution is 5.75. The standard InChI is InChI=1S/C26H23N3O4/c1-3-22(26(31)32-2)33-19-14-15-20(21(30)16-19)25-28-23(17-10-6-4-7-11-17)27-24(29-25)18-12-8-5-9-13-18/h4-16,22,30H,3H2,1-2H3. The number of hydrogen-bond donors (Lipinski definition) is 1. The molecule has 0 bridgehead atoms. The van der Waals surface area contributed by atoms with Crippen LogP contribution >= 0.6 is 0 Å². The third-order valence-electron chi connectivity index (χ3n) is 5.02. The van der Waals surface area contributed by atoms with Crippen molar-refractivity contribution in [3.8, 4) is 45.7 Å². The smallest absolute Gasteiger partial charge is 0.347 e. The van der Waals surface area contributed by atoms with Crippen molar-refractivity contribution < 1.29 is 19.4 Å². The van der Waals surface area contributed by atoms with E-state index in [1.54, 1.807) is 12.1 Å². The first-order valence-corrected chi connectivity index (χ1v) is 10.5. The Morgan fingerprint density at radius 2 is 1.39 bits per heavy atom. The maximum Gasteiger partial charge on any atom is 0.347 e. The SMILES string of the molecule is CCC(Oc1ccc(-c2nc(-c3ccccc3)nc(-c3ccccc3)n2)c(O)c1)C(=O)OC. The Bertz CT molecular complexity index is 1190. The number of aromatic nitrogens is 3. The van der Waals surface area contributed by atoms with Crippen molar-refractivity contribution in [2.24, 2.45) is 0 Å². The van der Waals surface area contributed by atoms with Gasteiger partial charge in [-0.2, -0.15) is 0 Å². The number of carbonyl (C=O) groups excluding carboxylic acids is 1. The fourth-order valence-corrected chi connectivity index (χ4v) is 3.30. The number of phenols is 1. The normalized spacial score (nSPS) is 11.6. The molecule has 3 aromatic carbocycles. The Morgan fingerprint density at radius 1 is 0.848 bits per heavy atom. The second-order valence-electron chi connectivity index (χ2n) is 7.26. The molecule has 0 radical (unpaired) electrons. The predicted molar refractivity (Wildman–Crippen MR) is 125 cm³/mol. The van der Waals surface area contributed by atoms with E-state index in [-0.39, 0.29) is 5.75 Å². The highest BCUT2D eigenvalue weighted by Gasteiger charge is 2.20. The Balaban J connectivity index is 1.76. The molecule has 33 heavy (non-hydrogen) atoms. The minimum Gasteiger partial charge on any atom is -0.507 e. The molecule has 1 unspecified atom stereocenters. The van der Waals surface area contributed by atoms with Gasteiger partial charge in [0, 0.05) is 17.2 Å². The Hall–Kier alpha value is -4.26. The van der Waals surface area contributed by atoms with Crippen LogP contribution in [0.4, 0.5) is 0 Å². The van der Waals surface area contributed by atoms with Gasteiger partial charge >= 0.3 is 5.97 Å². The lowest BCUT2D eigenvalue weighted by Gasteiger charge is -2.16. The summed E-state index contributed by atoms with van der Waals surface area (Å²) in [5.74, 6) is 1.11. The number of esters is 1. The van der Waals surface area contributed by atoms with E-state index in [2.05, 4.69) is 15.0 Å². The second kappa shape index (κ2) is 9.91. The summed E-state index contributed by atoms with van der Waals surface area (Å²) in [6.07, 6.45) is -0.324. The van der Waals surface area contributed by atoms with E-state index in [9.17, 15) is 9.90 Å². The summed E-state index contributed by atoms with van der Waals surface area (Å²) in [5, 5.41) is 10.8. The van der Waals surface area contributed by atoms with E-state index in [1.165, 1.54) is 13.2 Å². The molecule has 4 aromatic rings. The van der Waals surface area contributed by atoms with Crippen molar-refractivity contribution in [3.05, 3.63) is 78.9 Å². The summed E-state index contributed by atoms with van der Waals surface area (Å²) >= 11 is 0. The average Bonchev–Trinajstić information content (AvgIpc) is 2.87. The number of ether oxygens (including phenoxy) is 2. The molecule has 0 aliphatic carbocycles. The highest BCUT2D eigenvalue weighted by Crippen LogP contribution is 2.33. The topological polar surface area (TPSA) is 94.4 Å². The Labute approximate surface area is 191 Å². The maximum absolute atomic E-state index is 11.8. The van der Waals surface area contributed by atoms with Crippen LogP contribution in [0.5, 0.6) is 11.5 Å². The minimum absolute atomic E-state index is 0.0727.